The summed E-state index contributed by atoms with van der Waals surface area (Å²) in [6.07, 6.45) is 6.12. The van der Waals surface area contributed by atoms with Crippen LogP contribution in [0.1, 0.15) is 48.8 Å². The fourth-order valence-electron chi connectivity index (χ4n) is 9.86. The normalized spacial score (nSPS) is 13.6. The van der Waals surface area contributed by atoms with Crippen molar-refractivity contribution < 1.29 is 0 Å². The van der Waals surface area contributed by atoms with Gasteiger partial charge in [0.1, 0.15) is 0 Å². The molecule has 11 rings (SSSR count). The quantitative estimate of drug-likeness (QED) is 0.161. The molecule has 2 aliphatic carbocycles. The SMILES string of the molecule is N#Cc1ccc2c(c1)-c1c(-c3ccc(-c4ccc(-c5ccc(-c6nc(-c7ccccc7)nc(-c7ccc(-c8ccccc8)cc7)n6)cc5)cc4)cc3)cccc1C21CCCCC1. The maximum absolute atomic E-state index is 9.84. The predicted molar refractivity (Wildman–Crippen MR) is 252 cm³/mol. The average molecular weight is 795 g/mol. The van der Waals surface area contributed by atoms with Crippen LogP contribution in [-0.4, -0.2) is 15.0 Å². The van der Waals surface area contributed by atoms with Gasteiger partial charge in [0, 0.05) is 22.1 Å². The first-order valence-corrected chi connectivity index (χ1v) is 21.6. The third-order valence-corrected chi connectivity index (χ3v) is 13.0. The van der Waals surface area contributed by atoms with Crippen molar-refractivity contribution >= 4 is 0 Å². The molecule has 0 bridgehead atoms. The van der Waals surface area contributed by atoms with Crippen LogP contribution in [0.25, 0.3) is 89.8 Å². The monoisotopic (exact) mass is 794 g/mol. The van der Waals surface area contributed by atoms with E-state index in [9.17, 15) is 5.26 Å². The summed E-state index contributed by atoms with van der Waals surface area (Å²) >= 11 is 0. The summed E-state index contributed by atoms with van der Waals surface area (Å²) in [5.74, 6) is 1.92. The molecule has 0 amide bonds. The third-order valence-electron chi connectivity index (χ3n) is 13.0. The Morgan fingerprint density at radius 3 is 1.26 bits per heavy atom. The van der Waals surface area contributed by atoms with Gasteiger partial charge in [0.15, 0.2) is 17.5 Å². The van der Waals surface area contributed by atoms with Crippen LogP contribution in [0, 0.1) is 11.3 Å². The van der Waals surface area contributed by atoms with Gasteiger partial charge in [-0.05, 0) is 91.7 Å². The van der Waals surface area contributed by atoms with Crippen molar-refractivity contribution in [3.05, 3.63) is 211 Å². The molecule has 4 heteroatoms. The van der Waals surface area contributed by atoms with E-state index in [4.69, 9.17) is 15.0 Å². The van der Waals surface area contributed by atoms with Crippen LogP contribution in [0.4, 0.5) is 0 Å². The first-order chi connectivity index (χ1) is 30.6. The molecule has 0 N–H and O–H groups in total. The first kappa shape index (κ1) is 37.3. The number of hydrogen-bond donors (Lipinski definition) is 0. The van der Waals surface area contributed by atoms with E-state index in [0.717, 1.165) is 38.9 Å². The van der Waals surface area contributed by atoms with E-state index in [0.29, 0.717) is 17.5 Å². The summed E-state index contributed by atoms with van der Waals surface area (Å²) in [4.78, 5) is 14.9. The highest BCUT2D eigenvalue weighted by Crippen LogP contribution is 2.58. The second-order valence-corrected chi connectivity index (χ2v) is 16.6. The second kappa shape index (κ2) is 15.7. The number of hydrogen-bond acceptors (Lipinski definition) is 4. The fraction of sp³-hybridized carbons (Fsp3) is 0.103. The lowest BCUT2D eigenvalue weighted by molar-refractivity contribution is 0.353. The van der Waals surface area contributed by atoms with Crippen LogP contribution in [0.3, 0.4) is 0 Å². The Bertz CT molecular complexity index is 3110. The first-order valence-electron chi connectivity index (χ1n) is 21.6. The van der Waals surface area contributed by atoms with Gasteiger partial charge in [-0.15, -0.1) is 0 Å². The van der Waals surface area contributed by atoms with Crippen LogP contribution in [0.15, 0.2) is 194 Å². The van der Waals surface area contributed by atoms with Crippen molar-refractivity contribution in [3.8, 4) is 95.9 Å². The van der Waals surface area contributed by atoms with E-state index >= 15 is 0 Å². The van der Waals surface area contributed by atoms with Crippen molar-refractivity contribution in [3.63, 3.8) is 0 Å². The lowest BCUT2D eigenvalue weighted by atomic mass is 9.67. The molecule has 0 radical (unpaired) electrons. The van der Waals surface area contributed by atoms with E-state index in [1.165, 1.54) is 82.2 Å². The van der Waals surface area contributed by atoms with Gasteiger partial charge in [0.25, 0.3) is 0 Å². The Balaban J connectivity index is 0.857. The van der Waals surface area contributed by atoms with Gasteiger partial charge in [-0.1, -0.05) is 201 Å². The average Bonchev–Trinajstić information content (AvgIpc) is 3.62. The number of aromatic nitrogens is 3. The van der Waals surface area contributed by atoms with Gasteiger partial charge in [-0.25, -0.2) is 15.0 Å². The summed E-state index contributed by atoms with van der Waals surface area (Å²) in [5.41, 5.74) is 18.4. The highest BCUT2D eigenvalue weighted by atomic mass is 15.0. The van der Waals surface area contributed by atoms with E-state index in [-0.39, 0.29) is 5.41 Å². The topological polar surface area (TPSA) is 62.5 Å². The minimum atomic E-state index is 0.0493. The lowest BCUT2D eigenvalue weighted by Gasteiger charge is -2.36. The highest BCUT2D eigenvalue weighted by Gasteiger charge is 2.44. The van der Waals surface area contributed by atoms with Crippen LogP contribution < -0.4 is 0 Å². The Morgan fingerprint density at radius 1 is 0.355 bits per heavy atom. The van der Waals surface area contributed by atoms with Gasteiger partial charge in [-0.3, -0.25) is 0 Å². The van der Waals surface area contributed by atoms with Gasteiger partial charge < -0.3 is 0 Å². The van der Waals surface area contributed by atoms with Gasteiger partial charge in [0.2, 0.25) is 0 Å². The van der Waals surface area contributed by atoms with Crippen LogP contribution in [0.5, 0.6) is 0 Å². The van der Waals surface area contributed by atoms with Crippen molar-refractivity contribution in [1.82, 2.24) is 15.0 Å². The molecular weight excluding hydrogens is 753 g/mol. The standard InChI is InChI=1S/C58H42N4/c59-38-39-17-34-52-51(37-39)54-50(15-10-16-53(54)58(52)35-8-3-9-36-58)46-28-22-44(23-29-46)42-18-20-43(21-19-42)45-26-32-49(33-27-45)57-61-55(47-13-6-2-7-14-47)60-56(62-57)48-30-24-41(25-31-48)40-11-4-1-5-12-40/h1-2,4-7,10-34,37H,3,8-9,35-36H2. The largest absolute Gasteiger partial charge is 0.208 e. The number of benzene rings is 8. The van der Waals surface area contributed by atoms with Crippen LogP contribution >= 0.6 is 0 Å². The number of nitriles is 1. The van der Waals surface area contributed by atoms with E-state index in [1.807, 2.05) is 42.5 Å². The molecule has 8 aromatic carbocycles. The summed E-state index contributed by atoms with van der Waals surface area (Å²) < 4.78 is 0. The van der Waals surface area contributed by atoms with Gasteiger partial charge in [0.05, 0.1) is 11.6 Å². The van der Waals surface area contributed by atoms with E-state index in [2.05, 4.69) is 158 Å². The van der Waals surface area contributed by atoms with E-state index in [1.54, 1.807) is 0 Å². The minimum absolute atomic E-state index is 0.0493. The summed E-state index contributed by atoms with van der Waals surface area (Å²) in [5, 5.41) is 9.84. The molecule has 0 saturated heterocycles. The molecule has 1 aromatic heterocycles. The minimum Gasteiger partial charge on any atom is -0.208 e. The van der Waals surface area contributed by atoms with Crippen molar-refractivity contribution in [1.29, 1.82) is 5.26 Å². The fourth-order valence-corrected chi connectivity index (χ4v) is 9.86. The molecule has 0 unspecified atom stereocenters. The zero-order chi connectivity index (χ0) is 41.5. The Labute approximate surface area is 362 Å². The molecule has 0 atom stereocenters. The molecule has 0 aliphatic heterocycles. The molecule has 2 aliphatic rings. The zero-order valence-corrected chi connectivity index (χ0v) is 34.3. The molecule has 9 aromatic rings. The smallest absolute Gasteiger partial charge is 0.164 e. The van der Waals surface area contributed by atoms with E-state index < -0.39 is 0 Å². The van der Waals surface area contributed by atoms with Crippen LogP contribution in [-0.2, 0) is 5.41 Å². The maximum Gasteiger partial charge on any atom is 0.164 e. The van der Waals surface area contributed by atoms with Gasteiger partial charge in [-0.2, -0.15) is 5.26 Å². The molecule has 62 heavy (non-hydrogen) atoms. The third kappa shape index (κ3) is 6.69. The number of rotatable bonds is 7. The molecular formula is C58H42N4. The highest BCUT2D eigenvalue weighted by molar-refractivity contribution is 5.93. The predicted octanol–water partition coefficient (Wildman–Crippen LogP) is 14.6. The number of nitrogens with zero attached hydrogens (tertiary/aromatic N) is 4. The molecule has 1 saturated carbocycles. The zero-order valence-electron chi connectivity index (χ0n) is 34.3. The van der Waals surface area contributed by atoms with Gasteiger partial charge >= 0.3 is 0 Å². The molecule has 294 valence electrons. The Morgan fingerprint density at radius 2 is 0.774 bits per heavy atom. The Kier molecular flexibility index (Phi) is 9.44. The molecule has 1 spiro atoms. The van der Waals surface area contributed by atoms with Crippen molar-refractivity contribution in [2.24, 2.45) is 0 Å². The second-order valence-electron chi connectivity index (χ2n) is 16.6. The Hall–Kier alpha value is -7.74. The lowest BCUT2D eigenvalue weighted by Crippen LogP contribution is -2.28. The summed E-state index contributed by atoms with van der Waals surface area (Å²) in [6, 6.07) is 70.8. The summed E-state index contributed by atoms with van der Waals surface area (Å²) in [6.45, 7) is 0. The maximum atomic E-state index is 9.84. The number of fused-ring (bicyclic) bond motifs is 5. The molecule has 4 nitrogen and oxygen atoms in total. The van der Waals surface area contributed by atoms with Crippen molar-refractivity contribution in [2.75, 3.05) is 0 Å². The van der Waals surface area contributed by atoms with Crippen LogP contribution in [0.2, 0.25) is 0 Å². The molecule has 1 heterocycles. The van der Waals surface area contributed by atoms with Crippen molar-refractivity contribution in [2.45, 2.75) is 37.5 Å². The summed E-state index contributed by atoms with van der Waals surface area (Å²) in [7, 11) is 0. The molecule has 1 fully saturated rings.